The van der Waals surface area contributed by atoms with Gasteiger partial charge in [0.1, 0.15) is 0 Å². The Morgan fingerprint density at radius 3 is 1.88 bits per heavy atom. The summed E-state index contributed by atoms with van der Waals surface area (Å²) in [4.78, 5) is 4.12. The van der Waals surface area contributed by atoms with E-state index in [-0.39, 0.29) is 6.61 Å². The molecular formula is C11H26N2O3. The Morgan fingerprint density at radius 1 is 0.812 bits per heavy atom. The van der Waals surface area contributed by atoms with Gasteiger partial charge in [-0.3, -0.25) is 0 Å². The van der Waals surface area contributed by atoms with E-state index in [9.17, 15) is 0 Å². The zero-order chi connectivity index (χ0) is 12.2. The number of hydrogen-bond donors (Lipinski definition) is 1. The van der Waals surface area contributed by atoms with Crippen molar-refractivity contribution in [2.75, 3.05) is 73.8 Å². The van der Waals surface area contributed by atoms with Crippen molar-refractivity contribution in [1.29, 1.82) is 0 Å². The fourth-order valence-electron chi connectivity index (χ4n) is 1.07. The van der Waals surface area contributed by atoms with E-state index in [1.807, 2.05) is 26.0 Å². The van der Waals surface area contributed by atoms with E-state index in [2.05, 4.69) is 4.90 Å². The van der Waals surface area contributed by atoms with Crippen LogP contribution in [0, 0.1) is 0 Å². The molecular weight excluding hydrogens is 208 g/mol. The molecule has 0 saturated carbocycles. The summed E-state index contributed by atoms with van der Waals surface area (Å²) >= 11 is 0. The topological polar surface area (TPSA) is 45.2 Å². The van der Waals surface area contributed by atoms with Gasteiger partial charge in [-0.15, -0.1) is 0 Å². The summed E-state index contributed by atoms with van der Waals surface area (Å²) in [5.41, 5.74) is 0. The second-order valence-electron chi connectivity index (χ2n) is 4.05. The molecule has 0 aliphatic heterocycles. The lowest BCUT2D eigenvalue weighted by Gasteiger charge is -2.15. The van der Waals surface area contributed by atoms with Crippen molar-refractivity contribution in [3.8, 4) is 0 Å². The predicted octanol–water partition coefficient (Wildman–Crippen LogP) is -0.495. The fourth-order valence-corrected chi connectivity index (χ4v) is 1.07. The largest absolute Gasteiger partial charge is 0.395 e. The number of ether oxygens (including phenoxy) is 2. The van der Waals surface area contributed by atoms with Gasteiger partial charge in [-0.05, 0) is 21.1 Å². The fraction of sp³-hybridized carbons (Fsp3) is 1.00. The lowest BCUT2D eigenvalue weighted by Crippen LogP contribution is -2.26. The molecule has 0 radical (unpaired) electrons. The Morgan fingerprint density at radius 2 is 1.38 bits per heavy atom. The molecule has 98 valence electrons. The molecule has 0 aliphatic carbocycles. The quantitative estimate of drug-likeness (QED) is 0.489. The van der Waals surface area contributed by atoms with Gasteiger partial charge < -0.3 is 24.4 Å². The SMILES string of the molecule is CN(C)CCOCCOCCN(C)CCO. The van der Waals surface area contributed by atoms with Gasteiger partial charge in [-0.2, -0.15) is 0 Å². The molecule has 5 heteroatoms. The van der Waals surface area contributed by atoms with E-state index in [0.29, 0.717) is 26.4 Å². The van der Waals surface area contributed by atoms with Crippen LogP contribution in [-0.2, 0) is 9.47 Å². The van der Waals surface area contributed by atoms with Crippen LogP contribution >= 0.6 is 0 Å². The second-order valence-corrected chi connectivity index (χ2v) is 4.05. The van der Waals surface area contributed by atoms with E-state index in [0.717, 1.165) is 19.7 Å². The molecule has 16 heavy (non-hydrogen) atoms. The van der Waals surface area contributed by atoms with Crippen LogP contribution in [0.3, 0.4) is 0 Å². The molecule has 0 bridgehead atoms. The minimum Gasteiger partial charge on any atom is -0.395 e. The standard InChI is InChI=1S/C11H26N2O3/c1-12(2)5-8-15-10-11-16-9-6-13(3)4-7-14/h14H,4-11H2,1-3H3. The van der Waals surface area contributed by atoms with E-state index in [4.69, 9.17) is 14.6 Å². The van der Waals surface area contributed by atoms with E-state index >= 15 is 0 Å². The molecule has 1 N–H and O–H groups in total. The lowest BCUT2D eigenvalue weighted by atomic mass is 10.5. The Bertz CT molecular complexity index is 145. The van der Waals surface area contributed by atoms with Crippen molar-refractivity contribution < 1.29 is 14.6 Å². The van der Waals surface area contributed by atoms with Crippen LogP contribution in [-0.4, -0.2) is 88.7 Å². The first-order valence-electron chi connectivity index (χ1n) is 5.76. The lowest BCUT2D eigenvalue weighted by molar-refractivity contribution is 0.0355. The summed E-state index contributed by atoms with van der Waals surface area (Å²) in [6, 6.07) is 0. The van der Waals surface area contributed by atoms with Crippen LogP contribution < -0.4 is 0 Å². The molecule has 0 aromatic heterocycles. The smallest absolute Gasteiger partial charge is 0.0701 e. The first-order chi connectivity index (χ1) is 7.66. The normalized spacial score (nSPS) is 11.6. The number of hydrogen-bond acceptors (Lipinski definition) is 5. The number of nitrogens with zero attached hydrogens (tertiary/aromatic N) is 2. The summed E-state index contributed by atoms with van der Waals surface area (Å²) < 4.78 is 10.8. The molecule has 0 unspecified atom stereocenters. The summed E-state index contributed by atoms with van der Waals surface area (Å²) in [6.07, 6.45) is 0. The Kier molecular flexibility index (Phi) is 11.1. The highest BCUT2D eigenvalue weighted by atomic mass is 16.5. The first kappa shape index (κ1) is 15.8. The summed E-state index contributed by atoms with van der Waals surface area (Å²) in [5, 5.41) is 8.67. The molecule has 0 fully saturated rings. The number of aliphatic hydroxyl groups is 1. The third-order valence-corrected chi connectivity index (χ3v) is 2.15. The van der Waals surface area contributed by atoms with Crippen molar-refractivity contribution in [3.63, 3.8) is 0 Å². The Balaban J connectivity index is 3.04. The molecule has 0 rings (SSSR count). The van der Waals surface area contributed by atoms with Gasteiger partial charge in [0.05, 0.1) is 33.0 Å². The van der Waals surface area contributed by atoms with Crippen LogP contribution in [0.5, 0.6) is 0 Å². The minimum absolute atomic E-state index is 0.199. The first-order valence-corrected chi connectivity index (χ1v) is 5.76. The van der Waals surface area contributed by atoms with Crippen molar-refractivity contribution in [3.05, 3.63) is 0 Å². The van der Waals surface area contributed by atoms with Crippen LogP contribution in [0.4, 0.5) is 0 Å². The summed E-state index contributed by atoms with van der Waals surface area (Å²) in [5.74, 6) is 0. The van der Waals surface area contributed by atoms with Crippen molar-refractivity contribution in [2.24, 2.45) is 0 Å². The molecule has 0 atom stereocenters. The van der Waals surface area contributed by atoms with Gasteiger partial charge in [-0.1, -0.05) is 0 Å². The van der Waals surface area contributed by atoms with E-state index < -0.39 is 0 Å². The maximum Gasteiger partial charge on any atom is 0.0701 e. The molecule has 0 heterocycles. The van der Waals surface area contributed by atoms with Gasteiger partial charge in [0.15, 0.2) is 0 Å². The Hall–Kier alpha value is -0.200. The number of rotatable bonds is 11. The highest BCUT2D eigenvalue weighted by molar-refractivity contribution is 4.48. The van der Waals surface area contributed by atoms with E-state index in [1.165, 1.54) is 0 Å². The van der Waals surface area contributed by atoms with Gasteiger partial charge in [0.2, 0.25) is 0 Å². The zero-order valence-corrected chi connectivity index (χ0v) is 10.8. The van der Waals surface area contributed by atoms with Crippen LogP contribution in [0.1, 0.15) is 0 Å². The molecule has 0 amide bonds. The van der Waals surface area contributed by atoms with E-state index in [1.54, 1.807) is 0 Å². The predicted molar refractivity (Wildman–Crippen MR) is 64.8 cm³/mol. The zero-order valence-electron chi connectivity index (χ0n) is 10.8. The van der Waals surface area contributed by atoms with Gasteiger partial charge in [-0.25, -0.2) is 0 Å². The molecule has 0 aromatic rings. The third-order valence-electron chi connectivity index (χ3n) is 2.15. The molecule has 0 spiro atoms. The monoisotopic (exact) mass is 234 g/mol. The third kappa shape index (κ3) is 11.9. The Labute approximate surface area is 98.9 Å². The maximum absolute atomic E-state index is 8.67. The van der Waals surface area contributed by atoms with Crippen LogP contribution in [0.15, 0.2) is 0 Å². The second kappa shape index (κ2) is 11.3. The molecule has 0 saturated heterocycles. The van der Waals surface area contributed by atoms with Crippen molar-refractivity contribution >= 4 is 0 Å². The molecule has 0 aliphatic rings. The van der Waals surface area contributed by atoms with Gasteiger partial charge in [0.25, 0.3) is 0 Å². The van der Waals surface area contributed by atoms with Crippen molar-refractivity contribution in [2.45, 2.75) is 0 Å². The van der Waals surface area contributed by atoms with Crippen LogP contribution in [0.25, 0.3) is 0 Å². The van der Waals surface area contributed by atoms with Crippen molar-refractivity contribution in [1.82, 2.24) is 9.80 Å². The molecule has 5 nitrogen and oxygen atoms in total. The maximum atomic E-state index is 8.67. The average Bonchev–Trinajstić information content (AvgIpc) is 2.22. The van der Waals surface area contributed by atoms with Crippen LogP contribution in [0.2, 0.25) is 0 Å². The highest BCUT2D eigenvalue weighted by Crippen LogP contribution is 1.84. The number of likely N-dealkylation sites (N-methyl/N-ethyl adjacent to an activating group) is 2. The molecule has 0 aromatic carbocycles. The summed E-state index contributed by atoms with van der Waals surface area (Å²) in [7, 11) is 6.01. The van der Waals surface area contributed by atoms with Gasteiger partial charge >= 0.3 is 0 Å². The minimum atomic E-state index is 0.199. The van der Waals surface area contributed by atoms with Gasteiger partial charge in [0, 0.05) is 19.6 Å². The summed E-state index contributed by atoms with van der Waals surface area (Å²) in [6.45, 7) is 5.41. The highest BCUT2D eigenvalue weighted by Gasteiger charge is 1.96. The number of aliphatic hydroxyl groups excluding tert-OH is 1. The average molecular weight is 234 g/mol.